The monoisotopic (exact) mass is 291 g/mol. The molecule has 0 amide bonds. The third-order valence-corrected chi connectivity index (χ3v) is 3.68. The van der Waals surface area contributed by atoms with Gasteiger partial charge < -0.3 is 5.73 Å². The molecule has 106 valence electrons. The van der Waals surface area contributed by atoms with Crippen LogP contribution in [-0.2, 0) is 12.8 Å². The van der Waals surface area contributed by atoms with Gasteiger partial charge in [-0.05, 0) is 35.6 Å². The fraction of sp³-hybridized carbons (Fsp3) is 0.294. The van der Waals surface area contributed by atoms with E-state index in [1.54, 1.807) is 18.2 Å². The maximum atomic E-state index is 13.9. The van der Waals surface area contributed by atoms with Crippen LogP contribution >= 0.6 is 11.6 Å². The molecule has 3 heteroatoms. The first-order valence-corrected chi connectivity index (χ1v) is 7.27. The number of halogens is 2. The third kappa shape index (κ3) is 3.59. The van der Waals surface area contributed by atoms with E-state index >= 15 is 0 Å². The second-order valence-electron chi connectivity index (χ2n) is 5.02. The van der Waals surface area contributed by atoms with Crippen molar-refractivity contribution in [2.75, 3.05) is 0 Å². The Morgan fingerprint density at radius 1 is 1.20 bits per heavy atom. The van der Waals surface area contributed by atoms with Gasteiger partial charge in [0.15, 0.2) is 0 Å². The van der Waals surface area contributed by atoms with E-state index in [0.29, 0.717) is 12.0 Å². The van der Waals surface area contributed by atoms with Gasteiger partial charge in [0.1, 0.15) is 5.82 Å². The van der Waals surface area contributed by atoms with Gasteiger partial charge >= 0.3 is 0 Å². The van der Waals surface area contributed by atoms with Crippen molar-refractivity contribution in [1.82, 2.24) is 0 Å². The molecular formula is C17H19ClFN. The molecule has 0 fully saturated rings. The molecule has 2 N–H and O–H groups in total. The van der Waals surface area contributed by atoms with Gasteiger partial charge in [0.2, 0.25) is 0 Å². The first-order chi connectivity index (χ1) is 9.61. The Morgan fingerprint density at radius 2 is 1.95 bits per heavy atom. The van der Waals surface area contributed by atoms with Gasteiger partial charge in [-0.2, -0.15) is 0 Å². The van der Waals surface area contributed by atoms with Crippen LogP contribution in [0.1, 0.15) is 36.1 Å². The minimum Gasteiger partial charge on any atom is -0.324 e. The van der Waals surface area contributed by atoms with E-state index in [2.05, 4.69) is 19.1 Å². The summed E-state index contributed by atoms with van der Waals surface area (Å²) in [5.41, 5.74) is 9.07. The highest BCUT2D eigenvalue weighted by Gasteiger charge is 2.12. The molecule has 1 unspecified atom stereocenters. The molecule has 20 heavy (non-hydrogen) atoms. The number of aryl methyl sites for hydroxylation is 1. The average Bonchev–Trinajstić information content (AvgIpc) is 2.44. The molecule has 0 saturated heterocycles. The zero-order chi connectivity index (χ0) is 14.5. The van der Waals surface area contributed by atoms with Crippen molar-refractivity contribution in [3.63, 3.8) is 0 Å². The van der Waals surface area contributed by atoms with Gasteiger partial charge in [0.05, 0.1) is 5.02 Å². The average molecular weight is 292 g/mol. The van der Waals surface area contributed by atoms with Crippen LogP contribution in [0.2, 0.25) is 5.02 Å². The Labute approximate surface area is 124 Å². The zero-order valence-corrected chi connectivity index (χ0v) is 12.3. The van der Waals surface area contributed by atoms with E-state index in [-0.39, 0.29) is 16.9 Å². The predicted molar refractivity (Wildman–Crippen MR) is 82.5 cm³/mol. The molecule has 0 saturated carbocycles. The zero-order valence-electron chi connectivity index (χ0n) is 11.6. The van der Waals surface area contributed by atoms with E-state index in [0.717, 1.165) is 18.4 Å². The molecule has 1 atom stereocenters. The molecule has 0 radical (unpaired) electrons. The summed E-state index contributed by atoms with van der Waals surface area (Å²) in [4.78, 5) is 0. The predicted octanol–water partition coefficient (Wildman–Crippen LogP) is 4.67. The van der Waals surface area contributed by atoms with Crippen LogP contribution in [0.4, 0.5) is 4.39 Å². The van der Waals surface area contributed by atoms with Crippen molar-refractivity contribution in [2.24, 2.45) is 5.73 Å². The molecule has 2 aromatic rings. The molecule has 0 heterocycles. The Balaban J connectivity index is 2.17. The second-order valence-corrected chi connectivity index (χ2v) is 5.43. The Kier molecular flexibility index (Phi) is 5.16. The van der Waals surface area contributed by atoms with E-state index in [4.69, 9.17) is 17.3 Å². The second kappa shape index (κ2) is 6.87. The Morgan fingerprint density at radius 3 is 2.70 bits per heavy atom. The summed E-state index contributed by atoms with van der Waals surface area (Å²) in [6.07, 6.45) is 2.58. The van der Waals surface area contributed by atoms with Crippen LogP contribution in [0.15, 0.2) is 42.5 Å². The molecule has 0 aromatic heterocycles. The molecule has 0 aliphatic rings. The molecular weight excluding hydrogens is 273 g/mol. The van der Waals surface area contributed by atoms with Crippen LogP contribution < -0.4 is 5.73 Å². The fourth-order valence-corrected chi connectivity index (χ4v) is 2.52. The van der Waals surface area contributed by atoms with Crippen molar-refractivity contribution in [2.45, 2.75) is 32.2 Å². The molecule has 2 rings (SSSR count). The molecule has 1 nitrogen and oxygen atoms in total. The summed E-state index contributed by atoms with van der Waals surface area (Å²) in [6.45, 7) is 2.15. The van der Waals surface area contributed by atoms with Gasteiger partial charge in [0, 0.05) is 6.04 Å². The van der Waals surface area contributed by atoms with Crippen LogP contribution in [0, 0.1) is 5.82 Å². The quantitative estimate of drug-likeness (QED) is 0.851. The van der Waals surface area contributed by atoms with Crippen molar-refractivity contribution >= 4 is 11.6 Å². The fourth-order valence-electron chi connectivity index (χ4n) is 2.33. The maximum absolute atomic E-state index is 13.9. The molecule has 0 bridgehead atoms. The Hall–Kier alpha value is -1.38. The van der Waals surface area contributed by atoms with E-state index < -0.39 is 0 Å². The normalized spacial score (nSPS) is 12.4. The lowest BCUT2D eigenvalue weighted by atomic mass is 9.97. The van der Waals surface area contributed by atoms with E-state index in [1.165, 1.54) is 5.56 Å². The summed E-state index contributed by atoms with van der Waals surface area (Å²) < 4.78 is 13.9. The van der Waals surface area contributed by atoms with Gasteiger partial charge in [-0.1, -0.05) is 61.3 Å². The summed E-state index contributed by atoms with van der Waals surface area (Å²) in [5, 5.41) is 0.148. The molecule has 0 aliphatic carbocycles. The Bertz CT molecular complexity index is 583. The smallest absolute Gasteiger partial charge is 0.145 e. The van der Waals surface area contributed by atoms with Crippen LogP contribution in [0.5, 0.6) is 0 Å². The highest BCUT2D eigenvalue weighted by atomic mass is 35.5. The summed E-state index contributed by atoms with van der Waals surface area (Å²) in [5.74, 6) is -0.366. The molecule has 2 aromatic carbocycles. The van der Waals surface area contributed by atoms with Gasteiger partial charge in [-0.3, -0.25) is 0 Å². The number of hydrogen-bond acceptors (Lipinski definition) is 1. The van der Waals surface area contributed by atoms with Crippen molar-refractivity contribution in [1.29, 1.82) is 0 Å². The highest BCUT2D eigenvalue weighted by Crippen LogP contribution is 2.23. The standard InChI is InChI=1S/C17H19ClFN/c1-2-5-12-6-3-7-13(10-12)16(20)11-14-8-4-9-15(18)17(14)19/h3-4,6-10,16H,2,5,11,20H2,1H3. The topological polar surface area (TPSA) is 26.0 Å². The number of hydrogen-bond donors (Lipinski definition) is 1. The lowest BCUT2D eigenvalue weighted by Crippen LogP contribution is -2.14. The van der Waals surface area contributed by atoms with Crippen molar-refractivity contribution in [3.8, 4) is 0 Å². The summed E-state index contributed by atoms with van der Waals surface area (Å²) in [7, 11) is 0. The SMILES string of the molecule is CCCc1cccc(C(N)Cc2cccc(Cl)c2F)c1. The number of nitrogens with two attached hydrogens (primary N) is 1. The number of rotatable bonds is 5. The van der Waals surface area contributed by atoms with E-state index in [1.807, 2.05) is 12.1 Å². The summed E-state index contributed by atoms with van der Waals surface area (Å²) in [6, 6.07) is 13.0. The molecule has 0 aliphatic heterocycles. The highest BCUT2D eigenvalue weighted by molar-refractivity contribution is 6.30. The largest absolute Gasteiger partial charge is 0.324 e. The third-order valence-electron chi connectivity index (χ3n) is 3.39. The van der Waals surface area contributed by atoms with Gasteiger partial charge in [0.25, 0.3) is 0 Å². The van der Waals surface area contributed by atoms with Crippen molar-refractivity contribution < 1.29 is 4.39 Å². The summed E-state index contributed by atoms with van der Waals surface area (Å²) >= 11 is 5.79. The lowest BCUT2D eigenvalue weighted by molar-refractivity contribution is 0.593. The number of benzene rings is 2. The van der Waals surface area contributed by atoms with Gasteiger partial charge in [-0.15, -0.1) is 0 Å². The van der Waals surface area contributed by atoms with Crippen LogP contribution in [0.25, 0.3) is 0 Å². The minimum atomic E-state index is -0.366. The maximum Gasteiger partial charge on any atom is 0.145 e. The van der Waals surface area contributed by atoms with E-state index in [9.17, 15) is 4.39 Å². The van der Waals surface area contributed by atoms with Crippen LogP contribution in [-0.4, -0.2) is 0 Å². The van der Waals surface area contributed by atoms with Crippen molar-refractivity contribution in [3.05, 3.63) is 70.0 Å². The first-order valence-electron chi connectivity index (χ1n) is 6.89. The molecule has 0 spiro atoms. The van der Waals surface area contributed by atoms with Crippen LogP contribution in [0.3, 0.4) is 0 Å². The lowest BCUT2D eigenvalue weighted by Gasteiger charge is -2.14. The van der Waals surface area contributed by atoms with Gasteiger partial charge in [-0.25, -0.2) is 4.39 Å². The minimum absolute atomic E-state index is 0.148. The first kappa shape index (κ1) is 15.0.